The normalized spacial score (nSPS) is 15.4. The van der Waals surface area contributed by atoms with Gasteiger partial charge in [0, 0.05) is 39.5 Å². The van der Waals surface area contributed by atoms with Crippen molar-refractivity contribution in [2.75, 3.05) is 4.90 Å². The quantitative estimate of drug-likeness (QED) is 0.162. The summed E-state index contributed by atoms with van der Waals surface area (Å²) in [6.45, 7) is 2.30. The molecule has 0 radical (unpaired) electrons. The second-order valence-corrected chi connectivity index (χ2v) is 15.5. The molecular formula is C56H40N2O. The third kappa shape index (κ3) is 6.20. The van der Waals surface area contributed by atoms with Crippen molar-refractivity contribution in [3.05, 3.63) is 229 Å². The summed E-state index contributed by atoms with van der Waals surface area (Å²) >= 11 is 0. The van der Waals surface area contributed by atoms with Crippen molar-refractivity contribution >= 4 is 71.8 Å². The fraction of sp³-hybridized carbons (Fsp3) is 0.0536. The minimum Gasteiger partial charge on any atom is -0.456 e. The average Bonchev–Trinajstić information content (AvgIpc) is 3.68. The molecule has 0 saturated heterocycles. The average molecular weight is 757 g/mol. The van der Waals surface area contributed by atoms with Crippen molar-refractivity contribution < 1.29 is 4.42 Å². The van der Waals surface area contributed by atoms with Crippen molar-refractivity contribution in [3.63, 3.8) is 0 Å². The lowest BCUT2D eigenvalue weighted by Gasteiger charge is -2.29. The maximum absolute atomic E-state index is 6.97. The van der Waals surface area contributed by atoms with Crippen LogP contribution in [0.2, 0.25) is 0 Å². The summed E-state index contributed by atoms with van der Waals surface area (Å²) in [5.41, 5.74) is 13.1. The molecule has 3 heteroatoms. The SMILES string of the molecule is CC1C(c2ccccc2)=CC(c2ccccc2)=NC1c1ccc2c(c1)oc1cc(N(c3ccc(-c4ccccc4)cc3)c3ccc4ccccc4c3)c3ccccc3c12. The third-order valence-electron chi connectivity index (χ3n) is 12.0. The Bertz CT molecular complexity index is 3220. The van der Waals surface area contributed by atoms with E-state index in [2.05, 4.69) is 224 Å². The lowest BCUT2D eigenvalue weighted by Crippen LogP contribution is -2.18. The highest BCUT2D eigenvalue weighted by Gasteiger charge is 2.29. The van der Waals surface area contributed by atoms with Crippen molar-refractivity contribution in [3.8, 4) is 11.1 Å². The van der Waals surface area contributed by atoms with Crippen LogP contribution in [0.4, 0.5) is 17.1 Å². The van der Waals surface area contributed by atoms with Gasteiger partial charge in [0.2, 0.25) is 0 Å². The number of dihydropyridines is 1. The Balaban J connectivity index is 1.07. The number of allylic oxidation sites excluding steroid dienone is 1. The highest BCUT2D eigenvalue weighted by Crippen LogP contribution is 2.47. The van der Waals surface area contributed by atoms with E-state index in [1.807, 2.05) is 0 Å². The van der Waals surface area contributed by atoms with Crippen molar-refractivity contribution in [2.24, 2.45) is 10.9 Å². The smallest absolute Gasteiger partial charge is 0.138 e. The molecule has 0 spiro atoms. The van der Waals surface area contributed by atoms with E-state index in [0.717, 1.165) is 66.6 Å². The standard InChI is InChI=1S/C56H40N2O/c1-37-50(41-18-7-3-8-19-41)35-51(42-20-9-4-10-21-42)57-56(37)44-28-32-49-53(34-44)59-54-36-52(47-23-13-14-24-48(47)55(49)54)58(46-31-27-39-17-11-12-22-43(39)33-46)45-29-25-40(26-30-45)38-15-5-2-6-16-38/h2-37,56H,1H3. The van der Waals surface area contributed by atoms with Gasteiger partial charge in [-0.3, -0.25) is 4.99 Å². The lowest BCUT2D eigenvalue weighted by molar-refractivity contribution is 0.578. The second-order valence-electron chi connectivity index (χ2n) is 15.5. The number of furan rings is 1. The molecule has 1 aliphatic rings. The van der Waals surface area contributed by atoms with Crippen molar-refractivity contribution in [2.45, 2.75) is 13.0 Å². The van der Waals surface area contributed by atoms with Crippen LogP contribution in [0, 0.1) is 5.92 Å². The zero-order chi connectivity index (χ0) is 39.3. The molecule has 2 unspecified atom stereocenters. The van der Waals surface area contributed by atoms with Gasteiger partial charge in [-0.05, 0) is 86.0 Å². The van der Waals surface area contributed by atoms with E-state index >= 15 is 0 Å². The Labute approximate surface area is 343 Å². The van der Waals surface area contributed by atoms with Crippen LogP contribution >= 0.6 is 0 Å². The van der Waals surface area contributed by atoms with Gasteiger partial charge in [-0.1, -0.05) is 177 Å². The first kappa shape index (κ1) is 34.7. The fourth-order valence-corrected chi connectivity index (χ4v) is 9.04. The maximum Gasteiger partial charge on any atom is 0.138 e. The molecule has 2 heterocycles. The van der Waals surface area contributed by atoms with Gasteiger partial charge in [0.05, 0.1) is 17.4 Å². The number of fused-ring (bicyclic) bond motifs is 6. The minimum absolute atomic E-state index is 0.0856. The molecule has 1 aromatic heterocycles. The number of hydrogen-bond donors (Lipinski definition) is 0. The van der Waals surface area contributed by atoms with Gasteiger partial charge in [0.15, 0.2) is 0 Å². The second kappa shape index (κ2) is 14.5. The van der Waals surface area contributed by atoms with E-state index in [4.69, 9.17) is 9.41 Å². The number of rotatable bonds is 7. The molecule has 1 aliphatic heterocycles. The zero-order valence-electron chi connectivity index (χ0n) is 32.7. The van der Waals surface area contributed by atoms with Gasteiger partial charge in [0.1, 0.15) is 11.2 Å². The highest BCUT2D eigenvalue weighted by molar-refractivity contribution is 6.22. The van der Waals surface area contributed by atoms with E-state index in [-0.39, 0.29) is 12.0 Å². The molecule has 2 atom stereocenters. The number of anilines is 3. The topological polar surface area (TPSA) is 28.7 Å². The largest absolute Gasteiger partial charge is 0.456 e. The molecule has 0 N–H and O–H groups in total. The molecule has 0 fully saturated rings. The van der Waals surface area contributed by atoms with Gasteiger partial charge >= 0.3 is 0 Å². The van der Waals surface area contributed by atoms with Crippen LogP contribution in [0.1, 0.15) is 29.7 Å². The Morgan fingerprint density at radius 2 is 1.07 bits per heavy atom. The summed E-state index contributed by atoms with van der Waals surface area (Å²) in [4.78, 5) is 7.81. The van der Waals surface area contributed by atoms with Crippen LogP contribution in [0.15, 0.2) is 222 Å². The van der Waals surface area contributed by atoms with E-state index in [0.29, 0.717) is 0 Å². The first-order valence-electron chi connectivity index (χ1n) is 20.4. The van der Waals surface area contributed by atoms with Gasteiger partial charge in [0.25, 0.3) is 0 Å². The molecular weight excluding hydrogens is 717 g/mol. The molecule has 280 valence electrons. The van der Waals surface area contributed by atoms with E-state index < -0.39 is 0 Å². The number of benzene rings is 9. The molecule has 9 aromatic carbocycles. The van der Waals surface area contributed by atoms with Crippen LogP contribution in [0.25, 0.3) is 60.2 Å². The molecule has 0 saturated carbocycles. The minimum atomic E-state index is -0.0856. The summed E-state index contributed by atoms with van der Waals surface area (Å²) in [5.74, 6) is 0.155. The molecule has 0 bridgehead atoms. The number of aliphatic imine (C=N–C) groups is 1. The van der Waals surface area contributed by atoms with Gasteiger partial charge < -0.3 is 9.32 Å². The van der Waals surface area contributed by atoms with E-state index in [9.17, 15) is 0 Å². The molecule has 0 aliphatic carbocycles. The van der Waals surface area contributed by atoms with Gasteiger partial charge in [-0.15, -0.1) is 0 Å². The Kier molecular flexibility index (Phi) is 8.52. The van der Waals surface area contributed by atoms with Gasteiger partial charge in [-0.25, -0.2) is 0 Å². The number of nitrogens with zero attached hydrogens (tertiary/aromatic N) is 2. The van der Waals surface area contributed by atoms with Crippen LogP contribution in [-0.2, 0) is 0 Å². The Morgan fingerprint density at radius 1 is 0.458 bits per heavy atom. The Morgan fingerprint density at radius 3 is 1.81 bits per heavy atom. The summed E-state index contributed by atoms with van der Waals surface area (Å²) in [7, 11) is 0. The lowest BCUT2D eigenvalue weighted by atomic mass is 9.81. The molecule has 3 nitrogen and oxygen atoms in total. The van der Waals surface area contributed by atoms with Gasteiger partial charge in [-0.2, -0.15) is 0 Å². The molecule has 0 amide bonds. The highest BCUT2D eigenvalue weighted by atomic mass is 16.3. The monoisotopic (exact) mass is 756 g/mol. The molecule has 59 heavy (non-hydrogen) atoms. The zero-order valence-corrected chi connectivity index (χ0v) is 32.7. The first-order chi connectivity index (χ1) is 29.2. The predicted molar refractivity (Wildman–Crippen MR) is 248 cm³/mol. The Hall–Kier alpha value is -7.49. The maximum atomic E-state index is 6.97. The van der Waals surface area contributed by atoms with Crippen LogP contribution in [-0.4, -0.2) is 5.71 Å². The number of hydrogen-bond acceptors (Lipinski definition) is 3. The van der Waals surface area contributed by atoms with Crippen molar-refractivity contribution in [1.29, 1.82) is 0 Å². The van der Waals surface area contributed by atoms with E-state index in [1.54, 1.807) is 0 Å². The van der Waals surface area contributed by atoms with Crippen molar-refractivity contribution in [1.82, 2.24) is 0 Å². The summed E-state index contributed by atoms with van der Waals surface area (Å²) in [6.07, 6.45) is 2.27. The predicted octanol–water partition coefficient (Wildman–Crippen LogP) is 15.3. The molecule has 11 rings (SSSR count). The first-order valence-corrected chi connectivity index (χ1v) is 20.4. The van der Waals surface area contributed by atoms with Crippen LogP contribution in [0.3, 0.4) is 0 Å². The van der Waals surface area contributed by atoms with Crippen LogP contribution < -0.4 is 4.90 Å². The van der Waals surface area contributed by atoms with E-state index in [1.165, 1.54) is 33.0 Å². The summed E-state index contributed by atoms with van der Waals surface area (Å²) < 4.78 is 6.97. The van der Waals surface area contributed by atoms with Crippen LogP contribution in [0.5, 0.6) is 0 Å². The fourth-order valence-electron chi connectivity index (χ4n) is 9.04. The summed E-state index contributed by atoms with van der Waals surface area (Å²) in [5, 5.41) is 6.94. The summed E-state index contributed by atoms with van der Waals surface area (Å²) in [6, 6.07) is 73.6. The third-order valence-corrected chi connectivity index (χ3v) is 12.0. The molecule has 10 aromatic rings.